The molecular formula is C11H15AsO2. The fourth-order valence-corrected chi connectivity index (χ4v) is 4.64. The van der Waals surface area contributed by atoms with E-state index >= 15 is 0 Å². The van der Waals surface area contributed by atoms with Crippen molar-refractivity contribution in [3.8, 4) is 0 Å². The number of carbonyl (C=O) groups is 1. The van der Waals surface area contributed by atoms with Gasteiger partial charge in [0.2, 0.25) is 0 Å². The first kappa shape index (κ1) is 11.3. The molecule has 0 spiro atoms. The van der Waals surface area contributed by atoms with Crippen LogP contribution in [0, 0.1) is 0 Å². The van der Waals surface area contributed by atoms with Gasteiger partial charge in [0, 0.05) is 0 Å². The van der Waals surface area contributed by atoms with Gasteiger partial charge in [-0.3, -0.25) is 0 Å². The van der Waals surface area contributed by atoms with Crippen LogP contribution in [0.3, 0.4) is 0 Å². The summed E-state index contributed by atoms with van der Waals surface area (Å²) in [5, 5.41) is 9.06. The van der Waals surface area contributed by atoms with E-state index in [0.717, 1.165) is 10.8 Å². The Morgan fingerprint density at radius 1 is 1.43 bits per heavy atom. The van der Waals surface area contributed by atoms with Crippen LogP contribution in [0.2, 0.25) is 11.4 Å². The Labute approximate surface area is 89.2 Å². The summed E-state index contributed by atoms with van der Waals surface area (Å²) in [5.41, 5.74) is 6.06. The van der Waals surface area contributed by atoms with Crippen molar-refractivity contribution in [1.82, 2.24) is 0 Å². The molecule has 0 fully saturated rings. The molecule has 1 rings (SSSR count). The molecule has 0 aliphatic carbocycles. The Kier molecular flexibility index (Phi) is 3.76. The molecule has 0 aromatic heterocycles. The van der Waals surface area contributed by atoms with Gasteiger partial charge >= 0.3 is 89.0 Å². The van der Waals surface area contributed by atoms with Gasteiger partial charge in [-0.15, -0.1) is 0 Å². The molecule has 0 amide bonds. The maximum atomic E-state index is 11.0. The molecule has 0 heterocycles. The summed E-state index contributed by atoms with van der Waals surface area (Å²) in [4.78, 5) is 11.0. The first-order valence-electron chi connectivity index (χ1n) is 4.60. The van der Waals surface area contributed by atoms with Crippen LogP contribution in [-0.4, -0.2) is 25.7 Å². The van der Waals surface area contributed by atoms with Crippen LogP contribution in [0.4, 0.5) is 0 Å². The van der Waals surface area contributed by atoms with Gasteiger partial charge < -0.3 is 0 Å². The van der Waals surface area contributed by atoms with Gasteiger partial charge in [-0.05, 0) is 0 Å². The first-order valence-corrected chi connectivity index (χ1v) is 9.29. The van der Waals surface area contributed by atoms with Crippen LogP contribution >= 0.6 is 0 Å². The van der Waals surface area contributed by atoms with Crippen LogP contribution in [0.1, 0.15) is 22.8 Å². The Bertz CT molecular complexity index is 345. The summed E-state index contributed by atoms with van der Waals surface area (Å²) in [5.74, 6) is -0.793. The van der Waals surface area contributed by atoms with Crippen molar-refractivity contribution < 1.29 is 9.90 Å². The Balaban J connectivity index is 3.35. The predicted octanol–water partition coefficient (Wildman–Crippen LogP) is 1.91. The molecule has 0 saturated carbocycles. The van der Waals surface area contributed by atoms with E-state index in [1.54, 1.807) is 6.07 Å². The monoisotopic (exact) mass is 254 g/mol. The number of benzene rings is 1. The zero-order valence-corrected chi connectivity index (χ0v) is 10.6. The van der Waals surface area contributed by atoms with Crippen molar-refractivity contribution >= 4 is 25.0 Å². The van der Waals surface area contributed by atoms with Crippen LogP contribution in [-0.2, 0) is 6.42 Å². The molecule has 0 bridgehead atoms. The van der Waals surface area contributed by atoms with Crippen LogP contribution in [0.25, 0.3) is 0 Å². The van der Waals surface area contributed by atoms with E-state index in [4.69, 9.17) is 5.11 Å². The first-order chi connectivity index (χ1) is 6.57. The van der Waals surface area contributed by atoms with Crippen LogP contribution in [0.15, 0.2) is 18.2 Å². The van der Waals surface area contributed by atoms with Gasteiger partial charge in [0.05, 0.1) is 0 Å². The van der Waals surface area contributed by atoms with Crippen molar-refractivity contribution in [1.29, 1.82) is 0 Å². The third-order valence-corrected chi connectivity index (χ3v) is 5.16. The van der Waals surface area contributed by atoms with Gasteiger partial charge in [-0.25, -0.2) is 0 Å². The molecule has 14 heavy (non-hydrogen) atoms. The minimum atomic E-state index is -1.13. The number of rotatable bonds is 3. The Hall–Kier alpha value is -0.752. The summed E-state index contributed by atoms with van der Waals surface area (Å²) < 4.78 is 1.12. The van der Waals surface area contributed by atoms with Gasteiger partial charge in [0.25, 0.3) is 0 Å². The molecule has 76 valence electrons. The molecule has 0 radical (unpaired) electrons. The Morgan fingerprint density at radius 3 is 2.50 bits per heavy atom. The molecule has 0 aliphatic heterocycles. The quantitative estimate of drug-likeness (QED) is 0.836. The molecule has 0 aliphatic rings. The zero-order chi connectivity index (χ0) is 10.7. The fraction of sp³-hybridized carbons (Fsp3) is 0.364. The molecule has 1 N–H and O–H groups in total. The van der Waals surface area contributed by atoms with Crippen molar-refractivity contribution in [3.63, 3.8) is 0 Å². The van der Waals surface area contributed by atoms with Crippen molar-refractivity contribution in [3.05, 3.63) is 29.3 Å². The van der Waals surface area contributed by atoms with Crippen molar-refractivity contribution in [2.24, 2.45) is 0 Å². The zero-order valence-electron chi connectivity index (χ0n) is 8.74. The van der Waals surface area contributed by atoms with Gasteiger partial charge in [0.15, 0.2) is 0 Å². The molecule has 1 aromatic carbocycles. The van der Waals surface area contributed by atoms with Gasteiger partial charge in [-0.2, -0.15) is 0 Å². The van der Waals surface area contributed by atoms with Gasteiger partial charge in [0.1, 0.15) is 0 Å². The summed E-state index contributed by atoms with van der Waals surface area (Å²) in [6.07, 6.45) is 0.920. The van der Waals surface area contributed by atoms with Crippen LogP contribution < -0.4 is 4.35 Å². The fourth-order valence-electron chi connectivity index (χ4n) is 1.58. The second-order valence-corrected chi connectivity index (χ2v) is 8.06. The number of hydrogen-bond acceptors (Lipinski definition) is 1. The minimum absolute atomic E-state index is 0.509. The van der Waals surface area contributed by atoms with Gasteiger partial charge in [-0.1, -0.05) is 0 Å². The second-order valence-electron chi connectivity index (χ2n) is 3.37. The average Bonchev–Trinajstić information content (AvgIpc) is 2.16. The van der Waals surface area contributed by atoms with Crippen LogP contribution in [0.5, 0.6) is 0 Å². The van der Waals surface area contributed by atoms with E-state index in [0.29, 0.717) is 5.56 Å². The van der Waals surface area contributed by atoms with E-state index in [1.807, 2.05) is 12.1 Å². The number of carboxylic acids is 1. The number of hydrogen-bond donors (Lipinski definition) is 1. The molecule has 0 saturated heterocycles. The predicted molar refractivity (Wildman–Crippen MR) is 59.9 cm³/mol. The molecule has 2 nitrogen and oxygen atoms in total. The normalized spacial score (nSPS) is 10.6. The number of aryl methyl sites for hydroxylation is 1. The molecule has 0 atom stereocenters. The molecule has 0 unspecified atom stereocenters. The third-order valence-electron chi connectivity index (χ3n) is 2.18. The molecule has 1 aromatic rings. The molecular weight excluding hydrogens is 239 g/mol. The van der Waals surface area contributed by atoms with E-state index < -0.39 is 20.6 Å². The molecule has 3 heteroatoms. The standard InChI is InChI=1S/C11H15AsO2/c1-4-8-6-5-7-9(11(13)14)10(8)12(2)3/h5-7H,4H2,1-3H3,(H,13,14). The van der Waals surface area contributed by atoms with Crippen molar-refractivity contribution in [2.45, 2.75) is 24.8 Å². The summed E-state index contributed by atoms with van der Waals surface area (Å²) >= 11 is -1.13. The topological polar surface area (TPSA) is 37.3 Å². The number of carboxylic acid groups (broad SMARTS) is 1. The summed E-state index contributed by atoms with van der Waals surface area (Å²) in [6, 6.07) is 5.59. The van der Waals surface area contributed by atoms with Crippen molar-refractivity contribution in [2.75, 3.05) is 0 Å². The third kappa shape index (κ3) is 2.19. The SMILES string of the molecule is CCc1cccc(C(=O)O)c1[As](C)C. The average molecular weight is 254 g/mol. The Morgan fingerprint density at radius 2 is 2.07 bits per heavy atom. The maximum absolute atomic E-state index is 11.0. The number of aromatic carboxylic acids is 1. The van der Waals surface area contributed by atoms with E-state index in [9.17, 15) is 4.79 Å². The summed E-state index contributed by atoms with van der Waals surface area (Å²) in [7, 11) is 0. The second kappa shape index (κ2) is 4.65. The van der Waals surface area contributed by atoms with E-state index in [-0.39, 0.29) is 0 Å². The summed E-state index contributed by atoms with van der Waals surface area (Å²) in [6.45, 7) is 2.07. The van der Waals surface area contributed by atoms with E-state index in [1.165, 1.54) is 5.56 Å². The van der Waals surface area contributed by atoms with E-state index in [2.05, 4.69) is 18.3 Å².